The summed E-state index contributed by atoms with van der Waals surface area (Å²) in [7, 11) is -3.45. The summed E-state index contributed by atoms with van der Waals surface area (Å²) in [6, 6.07) is 5.18. The minimum absolute atomic E-state index is 0.525. The average molecular weight is 289 g/mol. The standard InChI is InChI=1S/C12H17ClN2O2S/c1-10-5-6-11(13)9-12(10)14-18(16,17)15-7-3-2-4-8-15/h5-6,9,14H,2-4,7-8H2,1H3. The maximum absolute atomic E-state index is 12.2. The van der Waals surface area contributed by atoms with Crippen LogP contribution in [0.1, 0.15) is 24.8 Å². The largest absolute Gasteiger partial charge is 0.301 e. The molecule has 1 saturated heterocycles. The third-order valence-corrected chi connectivity index (χ3v) is 4.85. The number of anilines is 1. The Morgan fingerprint density at radius 2 is 1.89 bits per heavy atom. The van der Waals surface area contributed by atoms with E-state index in [0.29, 0.717) is 23.8 Å². The van der Waals surface area contributed by atoms with Crippen LogP contribution in [0.15, 0.2) is 18.2 Å². The van der Waals surface area contributed by atoms with Gasteiger partial charge in [0, 0.05) is 18.1 Å². The topological polar surface area (TPSA) is 49.4 Å². The van der Waals surface area contributed by atoms with Gasteiger partial charge in [0.25, 0.3) is 0 Å². The number of piperidine rings is 1. The highest BCUT2D eigenvalue weighted by atomic mass is 35.5. The lowest BCUT2D eigenvalue weighted by atomic mass is 10.2. The van der Waals surface area contributed by atoms with Gasteiger partial charge in [-0.05, 0) is 37.5 Å². The highest BCUT2D eigenvalue weighted by Gasteiger charge is 2.24. The number of rotatable bonds is 3. The van der Waals surface area contributed by atoms with Crippen LogP contribution in [0.4, 0.5) is 5.69 Å². The first-order chi connectivity index (χ1) is 8.49. The van der Waals surface area contributed by atoms with E-state index in [-0.39, 0.29) is 0 Å². The summed E-state index contributed by atoms with van der Waals surface area (Å²) < 4.78 is 28.5. The van der Waals surface area contributed by atoms with Gasteiger partial charge < -0.3 is 0 Å². The Balaban J connectivity index is 2.18. The molecule has 0 amide bonds. The van der Waals surface area contributed by atoms with Gasteiger partial charge in [0.1, 0.15) is 0 Å². The third-order valence-electron chi connectivity index (χ3n) is 3.09. The first-order valence-corrected chi connectivity index (χ1v) is 7.85. The molecule has 100 valence electrons. The SMILES string of the molecule is Cc1ccc(Cl)cc1NS(=O)(=O)N1CCCCC1. The first-order valence-electron chi connectivity index (χ1n) is 6.03. The molecule has 1 aromatic rings. The Labute approximate surface area is 113 Å². The predicted molar refractivity (Wildman–Crippen MR) is 74.2 cm³/mol. The Bertz CT molecular complexity index is 525. The van der Waals surface area contributed by atoms with Crippen molar-refractivity contribution in [3.63, 3.8) is 0 Å². The van der Waals surface area contributed by atoms with Crippen molar-refractivity contribution in [1.82, 2.24) is 4.31 Å². The fraction of sp³-hybridized carbons (Fsp3) is 0.500. The second-order valence-corrected chi connectivity index (χ2v) is 6.63. The number of nitrogens with one attached hydrogen (secondary N) is 1. The molecule has 4 nitrogen and oxygen atoms in total. The summed E-state index contributed by atoms with van der Waals surface area (Å²) in [6.45, 7) is 3.04. The Morgan fingerprint density at radius 1 is 1.22 bits per heavy atom. The van der Waals surface area contributed by atoms with E-state index in [4.69, 9.17) is 11.6 Å². The molecule has 1 aromatic carbocycles. The maximum atomic E-state index is 12.2. The molecule has 0 saturated carbocycles. The van der Waals surface area contributed by atoms with E-state index in [0.717, 1.165) is 24.8 Å². The van der Waals surface area contributed by atoms with Gasteiger partial charge in [-0.3, -0.25) is 4.72 Å². The van der Waals surface area contributed by atoms with Crippen LogP contribution in [-0.2, 0) is 10.2 Å². The van der Waals surface area contributed by atoms with Crippen LogP contribution in [0.2, 0.25) is 5.02 Å². The summed E-state index contributed by atoms with van der Waals surface area (Å²) >= 11 is 5.88. The molecule has 6 heteroatoms. The molecule has 1 heterocycles. The summed E-state index contributed by atoms with van der Waals surface area (Å²) in [4.78, 5) is 0. The predicted octanol–water partition coefficient (Wildman–Crippen LogP) is 2.79. The summed E-state index contributed by atoms with van der Waals surface area (Å²) in [5, 5.41) is 0.525. The summed E-state index contributed by atoms with van der Waals surface area (Å²) in [5.41, 5.74) is 1.41. The number of nitrogens with zero attached hydrogens (tertiary/aromatic N) is 1. The van der Waals surface area contributed by atoms with Crippen molar-refractivity contribution in [2.24, 2.45) is 0 Å². The molecule has 0 spiro atoms. The van der Waals surface area contributed by atoms with Crippen LogP contribution < -0.4 is 4.72 Å². The van der Waals surface area contributed by atoms with Crippen molar-refractivity contribution in [2.75, 3.05) is 17.8 Å². The van der Waals surface area contributed by atoms with Crippen LogP contribution in [0.3, 0.4) is 0 Å². The van der Waals surface area contributed by atoms with Crippen molar-refractivity contribution in [3.05, 3.63) is 28.8 Å². The van der Waals surface area contributed by atoms with Gasteiger partial charge in [-0.25, -0.2) is 0 Å². The van der Waals surface area contributed by atoms with Crippen molar-refractivity contribution >= 4 is 27.5 Å². The second-order valence-electron chi connectivity index (χ2n) is 4.53. The monoisotopic (exact) mass is 288 g/mol. The van der Waals surface area contributed by atoms with Gasteiger partial charge in [0.15, 0.2) is 0 Å². The smallest absolute Gasteiger partial charge is 0.271 e. The molecule has 1 aliphatic rings. The summed E-state index contributed by atoms with van der Waals surface area (Å²) in [6.07, 6.45) is 2.95. The van der Waals surface area contributed by atoms with E-state index >= 15 is 0 Å². The van der Waals surface area contributed by atoms with E-state index in [9.17, 15) is 8.42 Å². The number of benzene rings is 1. The van der Waals surface area contributed by atoms with Crippen molar-refractivity contribution < 1.29 is 8.42 Å². The molecular weight excluding hydrogens is 272 g/mol. The van der Waals surface area contributed by atoms with Gasteiger partial charge in [-0.1, -0.05) is 24.1 Å². The van der Waals surface area contributed by atoms with Gasteiger partial charge >= 0.3 is 10.2 Å². The molecular formula is C12H17ClN2O2S. The Kier molecular flexibility index (Phi) is 4.14. The van der Waals surface area contributed by atoms with E-state index in [1.165, 1.54) is 4.31 Å². The van der Waals surface area contributed by atoms with Crippen LogP contribution in [0.5, 0.6) is 0 Å². The van der Waals surface area contributed by atoms with Crippen molar-refractivity contribution in [1.29, 1.82) is 0 Å². The normalized spacial score (nSPS) is 17.7. The third kappa shape index (κ3) is 3.16. The molecule has 0 bridgehead atoms. The molecule has 1 N–H and O–H groups in total. The van der Waals surface area contributed by atoms with Crippen LogP contribution >= 0.6 is 11.6 Å². The molecule has 1 fully saturated rings. The maximum Gasteiger partial charge on any atom is 0.301 e. The molecule has 2 rings (SSSR count). The first kappa shape index (κ1) is 13.6. The van der Waals surface area contributed by atoms with Crippen LogP contribution in [0.25, 0.3) is 0 Å². The Hall–Kier alpha value is -0.780. The molecule has 0 unspecified atom stereocenters. The fourth-order valence-corrected chi connectivity index (χ4v) is 3.55. The minimum atomic E-state index is -3.45. The number of halogens is 1. The quantitative estimate of drug-likeness (QED) is 0.930. The van der Waals surface area contributed by atoms with Crippen molar-refractivity contribution in [3.8, 4) is 0 Å². The van der Waals surface area contributed by atoms with E-state index in [1.54, 1.807) is 18.2 Å². The number of hydrogen-bond acceptors (Lipinski definition) is 2. The zero-order chi connectivity index (χ0) is 13.2. The lowest BCUT2D eigenvalue weighted by molar-refractivity contribution is 0.349. The number of aryl methyl sites for hydroxylation is 1. The van der Waals surface area contributed by atoms with Gasteiger partial charge in [-0.2, -0.15) is 12.7 Å². The van der Waals surface area contributed by atoms with E-state index in [2.05, 4.69) is 4.72 Å². The molecule has 1 aliphatic heterocycles. The van der Waals surface area contributed by atoms with Gasteiger partial charge in [0.05, 0.1) is 5.69 Å². The van der Waals surface area contributed by atoms with Crippen molar-refractivity contribution in [2.45, 2.75) is 26.2 Å². The molecule has 0 atom stereocenters. The summed E-state index contributed by atoms with van der Waals surface area (Å²) in [5.74, 6) is 0. The lowest BCUT2D eigenvalue weighted by Crippen LogP contribution is -2.39. The van der Waals surface area contributed by atoms with E-state index in [1.807, 2.05) is 6.92 Å². The zero-order valence-corrected chi connectivity index (χ0v) is 11.9. The molecule has 0 aliphatic carbocycles. The number of hydrogen-bond donors (Lipinski definition) is 1. The van der Waals surface area contributed by atoms with Gasteiger partial charge in [0.2, 0.25) is 0 Å². The van der Waals surface area contributed by atoms with Crippen LogP contribution in [-0.4, -0.2) is 25.8 Å². The van der Waals surface area contributed by atoms with E-state index < -0.39 is 10.2 Å². The average Bonchev–Trinajstić information content (AvgIpc) is 2.35. The fourth-order valence-electron chi connectivity index (χ4n) is 2.01. The molecule has 0 aromatic heterocycles. The lowest BCUT2D eigenvalue weighted by Gasteiger charge is -2.26. The highest BCUT2D eigenvalue weighted by molar-refractivity contribution is 7.90. The molecule has 0 radical (unpaired) electrons. The zero-order valence-electron chi connectivity index (χ0n) is 10.3. The second kappa shape index (κ2) is 5.47. The highest BCUT2D eigenvalue weighted by Crippen LogP contribution is 2.23. The van der Waals surface area contributed by atoms with Gasteiger partial charge in [-0.15, -0.1) is 0 Å². The minimum Gasteiger partial charge on any atom is -0.271 e. The molecule has 18 heavy (non-hydrogen) atoms. The van der Waals surface area contributed by atoms with Crippen LogP contribution in [0, 0.1) is 6.92 Å². The Morgan fingerprint density at radius 3 is 2.56 bits per heavy atom.